The zero-order valence-electron chi connectivity index (χ0n) is 14.2. The molecule has 25 heavy (non-hydrogen) atoms. The molecule has 0 spiro atoms. The minimum Gasteiger partial charge on any atom is -0.355 e. The number of nitrogens with one attached hydrogen (secondary N) is 1. The third-order valence-electron chi connectivity index (χ3n) is 5.15. The van der Waals surface area contributed by atoms with Gasteiger partial charge in [0.1, 0.15) is 5.82 Å². The Morgan fingerprint density at radius 2 is 1.92 bits per heavy atom. The summed E-state index contributed by atoms with van der Waals surface area (Å²) >= 11 is 0. The number of aromatic nitrogens is 5. The topological polar surface area (TPSA) is 88.8 Å². The first-order chi connectivity index (χ1) is 12.3. The number of hydrogen-bond acceptors (Lipinski definition) is 6. The Bertz CT molecular complexity index is 703. The third kappa shape index (κ3) is 3.62. The quantitative estimate of drug-likeness (QED) is 0.908. The van der Waals surface area contributed by atoms with E-state index >= 15 is 0 Å². The Labute approximate surface area is 146 Å². The predicted molar refractivity (Wildman–Crippen MR) is 92.3 cm³/mol. The highest BCUT2D eigenvalue weighted by Crippen LogP contribution is 2.24. The molecule has 2 aliphatic rings. The van der Waals surface area contributed by atoms with Crippen LogP contribution in [0.2, 0.25) is 0 Å². The molecule has 3 heterocycles. The molecule has 1 aliphatic heterocycles. The molecule has 0 bridgehead atoms. The lowest BCUT2D eigenvalue weighted by Crippen LogP contribution is -2.35. The van der Waals surface area contributed by atoms with Gasteiger partial charge in [-0.3, -0.25) is 9.78 Å². The molecule has 132 valence electrons. The smallest absolute Gasteiger partial charge is 0.273 e. The lowest BCUT2D eigenvalue weighted by Gasteiger charge is -2.32. The highest BCUT2D eigenvalue weighted by atomic mass is 16.2. The van der Waals surface area contributed by atoms with Crippen LogP contribution >= 0.6 is 0 Å². The maximum absolute atomic E-state index is 12.3. The van der Waals surface area contributed by atoms with Crippen LogP contribution in [0.1, 0.15) is 55.1 Å². The van der Waals surface area contributed by atoms with Crippen molar-refractivity contribution >= 4 is 11.7 Å². The van der Waals surface area contributed by atoms with Crippen molar-refractivity contribution in [3.8, 4) is 0 Å². The standard InChI is InChI=1S/C17H23N7O/c25-17(20-13-3-1-2-4-13)15-12-24(22-21-15)14-5-9-23(10-6-14)16-11-18-7-8-19-16/h7-8,11-14H,1-6,9-10H2,(H,20,25). The maximum Gasteiger partial charge on any atom is 0.273 e. The maximum atomic E-state index is 12.3. The van der Waals surface area contributed by atoms with Gasteiger partial charge < -0.3 is 10.2 Å². The van der Waals surface area contributed by atoms with Crippen LogP contribution in [0, 0.1) is 0 Å². The summed E-state index contributed by atoms with van der Waals surface area (Å²) in [4.78, 5) is 23.0. The van der Waals surface area contributed by atoms with Crippen molar-refractivity contribution in [1.82, 2.24) is 30.3 Å². The van der Waals surface area contributed by atoms with Crippen molar-refractivity contribution in [2.45, 2.75) is 50.6 Å². The summed E-state index contributed by atoms with van der Waals surface area (Å²) in [6, 6.07) is 0.571. The van der Waals surface area contributed by atoms with E-state index in [-0.39, 0.29) is 11.9 Å². The van der Waals surface area contributed by atoms with E-state index < -0.39 is 0 Å². The number of carbonyl (C=O) groups excluding carboxylic acids is 1. The second-order valence-corrected chi connectivity index (χ2v) is 6.82. The Balaban J connectivity index is 1.34. The van der Waals surface area contributed by atoms with Crippen molar-refractivity contribution in [3.05, 3.63) is 30.5 Å². The highest BCUT2D eigenvalue weighted by Gasteiger charge is 2.24. The molecule has 0 unspecified atom stereocenters. The van der Waals surface area contributed by atoms with Gasteiger partial charge in [0.25, 0.3) is 5.91 Å². The van der Waals surface area contributed by atoms with E-state index in [1.54, 1.807) is 24.8 Å². The van der Waals surface area contributed by atoms with E-state index in [9.17, 15) is 4.79 Å². The highest BCUT2D eigenvalue weighted by molar-refractivity contribution is 5.92. The molecule has 0 atom stereocenters. The van der Waals surface area contributed by atoms with Gasteiger partial charge in [-0.25, -0.2) is 9.67 Å². The predicted octanol–water partition coefficient (Wildman–Crippen LogP) is 1.58. The molecule has 1 N–H and O–H groups in total. The van der Waals surface area contributed by atoms with Crippen LogP contribution in [-0.2, 0) is 0 Å². The summed E-state index contributed by atoms with van der Waals surface area (Å²) in [6.07, 6.45) is 13.4. The van der Waals surface area contributed by atoms with E-state index in [0.717, 1.165) is 44.6 Å². The molecular weight excluding hydrogens is 318 g/mol. The average Bonchev–Trinajstić information content (AvgIpc) is 3.34. The zero-order chi connectivity index (χ0) is 17.1. The van der Waals surface area contributed by atoms with Gasteiger partial charge in [-0.05, 0) is 25.7 Å². The number of anilines is 1. The van der Waals surface area contributed by atoms with Crippen molar-refractivity contribution in [2.24, 2.45) is 0 Å². The van der Waals surface area contributed by atoms with Gasteiger partial charge in [0, 0.05) is 31.5 Å². The third-order valence-corrected chi connectivity index (χ3v) is 5.15. The van der Waals surface area contributed by atoms with E-state index in [4.69, 9.17) is 0 Å². The van der Waals surface area contributed by atoms with E-state index in [1.807, 2.05) is 4.68 Å². The number of piperidine rings is 1. The summed E-state index contributed by atoms with van der Waals surface area (Å²) in [5.74, 6) is 0.811. The van der Waals surface area contributed by atoms with Gasteiger partial charge in [0.15, 0.2) is 5.69 Å². The molecule has 8 nitrogen and oxygen atoms in total. The van der Waals surface area contributed by atoms with Crippen LogP contribution in [0.5, 0.6) is 0 Å². The van der Waals surface area contributed by atoms with Gasteiger partial charge in [-0.2, -0.15) is 0 Å². The van der Waals surface area contributed by atoms with Crippen molar-refractivity contribution in [1.29, 1.82) is 0 Å². The van der Waals surface area contributed by atoms with Gasteiger partial charge in [0.05, 0.1) is 18.4 Å². The van der Waals surface area contributed by atoms with Gasteiger partial charge in [0.2, 0.25) is 0 Å². The molecule has 0 radical (unpaired) electrons. The molecule has 0 aromatic carbocycles. The molecule has 2 aromatic heterocycles. The van der Waals surface area contributed by atoms with Crippen LogP contribution in [0.3, 0.4) is 0 Å². The van der Waals surface area contributed by atoms with E-state index in [2.05, 4.69) is 30.5 Å². The first-order valence-corrected chi connectivity index (χ1v) is 9.03. The summed E-state index contributed by atoms with van der Waals surface area (Å²) in [5.41, 5.74) is 0.420. The molecule has 1 amide bonds. The van der Waals surface area contributed by atoms with Gasteiger partial charge in [-0.15, -0.1) is 5.10 Å². The summed E-state index contributed by atoms with van der Waals surface area (Å²) < 4.78 is 1.84. The van der Waals surface area contributed by atoms with Crippen LogP contribution in [-0.4, -0.2) is 50.0 Å². The lowest BCUT2D eigenvalue weighted by atomic mass is 10.1. The molecule has 1 aliphatic carbocycles. The van der Waals surface area contributed by atoms with Crippen LogP contribution in [0.25, 0.3) is 0 Å². The van der Waals surface area contributed by atoms with Crippen LogP contribution < -0.4 is 10.2 Å². The van der Waals surface area contributed by atoms with E-state index in [1.165, 1.54) is 12.8 Å². The van der Waals surface area contributed by atoms with Crippen molar-refractivity contribution in [3.63, 3.8) is 0 Å². The molecule has 4 rings (SSSR count). The summed E-state index contributed by atoms with van der Waals surface area (Å²) in [7, 11) is 0. The fourth-order valence-electron chi connectivity index (χ4n) is 3.70. The zero-order valence-corrected chi connectivity index (χ0v) is 14.2. The Kier molecular flexibility index (Phi) is 4.58. The normalized spacial score (nSPS) is 19.3. The summed E-state index contributed by atoms with van der Waals surface area (Å²) in [6.45, 7) is 1.79. The largest absolute Gasteiger partial charge is 0.355 e. The number of hydrogen-bond donors (Lipinski definition) is 1. The van der Waals surface area contributed by atoms with Crippen molar-refractivity contribution in [2.75, 3.05) is 18.0 Å². The molecule has 8 heteroatoms. The monoisotopic (exact) mass is 341 g/mol. The number of nitrogens with zero attached hydrogens (tertiary/aromatic N) is 6. The van der Waals surface area contributed by atoms with Crippen LogP contribution in [0.15, 0.2) is 24.8 Å². The molecular formula is C17H23N7O. The van der Waals surface area contributed by atoms with Gasteiger partial charge >= 0.3 is 0 Å². The molecule has 1 saturated carbocycles. The van der Waals surface area contributed by atoms with Crippen molar-refractivity contribution < 1.29 is 4.79 Å². The number of amides is 1. The Morgan fingerprint density at radius 1 is 1.12 bits per heavy atom. The summed E-state index contributed by atoms with van der Waals surface area (Å²) in [5, 5.41) is 11.3. The minimum atomic E-state index is -0.102. The molecule has 2 aromatic rings. The lowest BCUT2D eigenvalue weighted by molar-refractivity contribution is 0.0932. The average molecular weight is 341 g/mol. The Hall–Kier alpha value is -2.51. The fraction of sp³-hybridized carbons (Fsp3) is 0.588. The van der Waals surface area contributed by atoms with E-state index in [0.29, 0.717) is 11.7 Å². The number of rotatable bonds is 4. The van der Waals surface area contributed by atoms with Gasteiger partial charge in [-0.1, -0.05) is 18.1 Å². The first kappa shape index (κ1) is 16.0. The molecule has 2 fully saturated rings. The second-order valence-electron chi connectivity index (χ2n) is 6.82. The van der Waals surface area contributed by atoms with Crippen LogP contribution in [0.4, 0.5) is 5.82 Å². The fourth-order valence-corrected chi connectivity index (χ4v) is 3.70. The second kappa shape index (κ2) is 7.16. The first-order valence-electron chi connectivity index (χ1n) is 9.03. The molecule has 1 saturated heterocycles. The number of carbonyl (C=O) groups is 1. The minimum absolute atomic E-state index is 0.102. The SMILES string of the molecule is O=C(NC1CCCC1)c1cn(C2CCN(c3cnccn3)CC2)nn1. The Morgan fingerprint density at radius 3 is 2.64 bits per heavy atom.